The third-order valence-corrected chi connectivity index (χ3v) is 1.77. The predicted octanol–water partition coefficient (Wildman–Crippen LogP) is 1.00. The molecule has 0 amide bonds. The van der Waals surface area contributed by atoms with Crippen LogP contribution < -0.4 is 0 Å². The summed E-state index contributed by atoms with van der Waals surface area (Å²) in [6.45, 7) is 0.487. The van der Waals surface area contributed by atoms with Crippen LogP contribution in [0.25, 0.3) is 0 Å². The molecule has 0 N–H and O–H groups in total. The molecule has 0 unspecified atom stereocenters. The lowest BCUT2D eigenvalue weighted by Crippen LogP contribution is -2.14. The normalized spacial score (nSPS) is 14.2. The predicted molar refractivity (Wildman–Crippen MR) is 50.2 cm³/mol. The van der Waals surface area contributed by atoms with Crippen molar-refractivity contribution in [2.24, 2.45) is 0 Å². The molecule has 2 rings (SSSR count). The number of hydrogen-bond donors (Lipinski definition) is 0. The monoisotopic (exact) mass is 249 g/mol. The van der Waals surface area contributed by atoms with Crippen LogP contribution in [0.2, 0.25) is 0 Å². The van der Waals surface area contributed by atoms with Gasteiger partial charge in [-0.05, 0) is 0 Å². The topological polar surface area (TPSA) is 86.5 Å². The second-order valence-corrected chi connectivity index (χ2v) is 3.65. The molecule has 6 nitrogen and oxygen atoms in total. The number of benzene rings is 1. The Hall–Kier alpha value is -1.54. The van der Waals surface area contributed by atoms with Gasteiger partial charge in [0.05, 0.1) is 4.91 Å². The summed E-state index contributed by atoms with van der Waals surface area (Å²) in [4.78, 5) is 16.3. The van der Waals surface area contributed by atoms with Crippen LogP contribution in [0, 0.1) is 4.91 Å². The molecule has 0 aliphatic carbocycles. The Morgan fingerprint density at radius 1 is 1.38 bits per heavy atom. The average Bonchev–Trinajstić information content (AvgIpc) is 2.16. The lowest BCUT2D eigenvalue weighted by Gasteiger charge is -2.04. The average molecular weight is 249 g/mol. The summed E-state index contributed by atoms with van der Waals surface area (Å²) in [5.74, 6) is 0. The van der Waals surface area contributed by atoms with Gasteiger partial charge in [-0.3, -0.25) is 0 Å². The molecule has 16 heavy (non-hydrogen) atoms. The molecule has 0 saturated carbocycles. The minimum absolute atomic E-state index is 0.487. The van der Waals surface area contributed by atoms with Gasteiger partial charge < -0.3 is 4.55 Å². The fraction of sp³-hybridized carbons (Fsp3) is 0.250. The van der Waals surface area contributed by atoms with Crippen LogP contribution >= 0.6 is 0 Å². The van der Waals surface area contributed by atoms with E-state index in [2.05, 4.69) is 0 Å². The minimum Gasteiger partial charge on any atom is -0.722 e. The lowest BCUT2D eigenvalue weighted by molar-refractivity contribution is -0.749. The van der Waals surface area contributed by atoms with Crippen molar-refractivity contribution in [3.63, 3.8) is 0 Å². The van der Waals surface area contributed by atoms with Crippen molar-refractivity contribution in [3.05, 3.63) is 34.7 Å². The van der Waals surface area contributed by atoms with Crippen LogP contribution in [-0.4, -0.2) is 24.5 Å². The van der Waals surface area contributed by atoms with Gasteiger partial charge in [0.1, 0.15) is 0 Å². The van der Waals surface area contributed by atoms with Crippen molar-refractivity contribution < 1.29 is 26.6 Å². The Morgan fingerprint density at radius 2 is 1.94 bits per heavy atom. The van der Waals surface area contributed by atoms with Crippen molar-refractivity contribution in [1.82, 2.24) is 0 Å². The highest BCUT2D eigenvalue weighted by Gasteiger charge is 2.25. The largest absolute Gasteiger partial charge is 0.722 e. The van der Waals surface area contributed by atoms with Crippen LogP contribution in [0.5, 0.6) is 0 Å². The summed E-state index contributed by atoms with van der Waals surface area (Å²) in [7, 11) is -5.42. The van der Waals surface area contributed by atoms with E-state index >= 15 is 0 Å². The van der Waals surface area contributed by atoms with Crippen LogP contribution in [0.1, 0.15) is 5.56 Å². The second-order valence-electron chi connectivity index (χ2n) is 2.86. The van der Waals surface area contributed by atoms with Crippen molar-refractivity contribution in [1.29, 1.82) is 0 Å². The number of fused-ring (bicyclic) bond motifs is 1. The Labute approximate surface area is 91.2 Å². The summed E-state index contributed by atoms with van der Waals surface area (Å²) in [6, 6.07) is 7.47. The van der Waals surface area contributed by atoms with Crippen LogP contribution in [0.4, 0.5) is 9.57 Å². The molecule has 0 spiro atoms. The molecular weight excluding hydrogens is 241 g/mol. The summed E-state index contributed by atoms with van der Waals surface area (Å²) < 4.78 is 35.3. The number of para-hydroxylation sites is 1. The van der Waals surface area contributed by atoms with Gasteiger partial charge in [-0.25, -0.2) is 13.3 Å². The van der Waals surface area contributed by atoms with Gasteiger partial charge in [0.25, 0.3) is 15.4 Å². The SMILES string of the molecule is O=S(=O)([O-])F.O=[N+]1OCCc2ccccc21. The van der Waals surface area contributed by atoms with Crippen molar-refractivity contribution in [3.8, 4) is 0 Å². The van der Waals surface area contributed by atoms with E-state index in [1.165, 1.54) is 0 Å². The van der Waals surface area contributed by atoms with Crippen molar-refractivity contribution >= 4 is 16.2 Å². The molecule has 1 aliphatic rings. The molecule has 88 valence electrons. The standard InChI is InChI=1S/C8H8NO2.FHO3S/c10-9-8-4-2-1-3-7(8)5-6-11-9;1-5(2,3)4/h1-4H,5-6H2;(H,2,3,4)/q+1;/p-1. The molecule has 1 aliphatic heterocycles. The summed E-state index contributed by atoms with van der Waals surface area (Å²) in [5.41, 5.74) is 1.70. The van der Waals surface area contributed by atoms with E-state index in [1.807, 2.05) is 18.2 Å². The smallest absolute Gasteiger partial charge is 0.320 e. The fourth-order valence-corrected chi connectivity index (χ4v) is 1.21. The molecule has 1 heterocycles. The molecule has 1 aromatic rings. The van der Waals surface area contributed by atoms with Crippen molar-refractivity contribution in [2.45, 2.75) is 6.42 Å². The molecule has 0 fully saturated rings. The molecule has 0 radical (unpaired) electrons. The maximum Gasteiger partial charge on any atom is 0.320 e. The highest BCUT2D eigenvalue weighted by atomic mass is 32.3. The van der Waals surface area contributed by atoms with Gasteiger partial charge in [0.15, 0.2) is 6.61 Å². The van der Waals surface area contributed by atoms with Crippen LogP contribution in [0.15, 0.2) is 24.3 Å². The summed E-state index contributed by atoms with van der Waals surface area (Å²) >= 11 is 0. The number of nitrogens with zero attached hydrogens (tertiary/aromatic N) is 1. The molecule has 1 aromatic carbocycles. The zero-order chi connectivity index (χ0) is 12.2. The summed E-state index contributed by atoms with van der Waals surface area (Å²) in [6.07, 6.45) is 0.828. The Balaban J connectivity index is 0.000000221. The number of hydrogen-bond acceptors (Lipinski definition) is 5. The Kier molecular flexibility index (Phi) is 3.91. The summed E-state index contributed by atoms with van der Waals surface area (Å²) in [5, 5.41) is 0. The van der Waals surface area contributed by atoms with Gasteiger partial charge in [-0.2, -0.15) is 0 Å². The molecule has 0 bridgehead atoms. The minimum atomic E-state index is -5.42. The first kappa shape index (κ1) is 12.5. The quantitative estimate of drug-likeness (QED) is 0.505. The molecule has 0 atom stereocenters. The third-order valence-electron chi connectivity index (χ3n) is 1.77. The first-order valence-corrected chi connectivity index (χ1v) is 5.52. The van der Waals surface area contributed by atoms with Crippen LogP contribution in [-0.2, 0) is 21.8 Å². The van der Waals surface area contributed by atoms with E-state index in [4.69, 9.17) is 17.8 Å². The van der Waals surface area contributed by atoms with Crippen LogP contribution in [0.3, 0.4) is 0 Å². The highest BCUT2D eigenvalue weighted by Crippen LogP contribution is 2.22. The Morgan fingerprint density at radius 3 is 2.50 bits per heavy atom. The zero-order valence-corrected chi connectivity index (χ0v) is 8.81. The van der Waals surface area contributed by atoms with Gasteiger partial charge in [-0.15, -0.1) is 3.89 Å². The first-order valence-electron chi connectivity index (χ1n) is 4.21. The van der Waals surface area contributed by atoms with Crippen molar-refractivity contribution in [2.75, 3.05) is 6.61 Å². The third kappa shape index (κ3) is 4.32. The number of halogens is 1. The number of rotatable bonds is 0. The zero-order valence-electron chi connectivity index (χ0n) is 8.00. The first-order chi connectivity index (χ1) is 7.38. The fourth-order valence-electron chi connectivity index (χ4n) is 1.21. The van der Waals surface area contributed by atoms with Gasteiger partial charge in [0.2, 0.25) is 0 Å². The Bertz CT molecular complexity index is 479. The van der Waals surface area contributed by atoms with Gasteiger partial charge in [0, 0.05) is 18.1 Å². The van der Waals surface area contributed by atoms with E-state index in [9.17, 15) is 8.79 Å². The lowest BCUT2D eigenvalue weighted by atomic mass is 10.1. The maximum atomic E-state index is 11.0. The molecule has 8 heteroatoms. The molecule has 0 saturated heterocycles. The maximum absolute atomic E-state index is 11.0. The van der Waals surface area contributed by atoms with E-state index in [0.29, 0.717) is 17.2 Å². The van der Waals surface area contributed by atoms with Gasteiger partial charge >= 0.3 is 5.69 Å². The van der Waals surface area contributed by atoms with E-state index in [-0.39, 0.29) is 0 Å². The van der Waals surface area contributed by atoms with E-state index < -0.39 is 10.5 Å². The van der Waals surface area contributed by atoms with E-state index in [1.54, 1.807) is 6.07 Å². The molecule has 0 aromatic heterocycles. The van der Waals surface area contributed by atoms with Gasteiger partial charge in [-0.1, -0.05) is 18.2 Å². The van der Waals surface area contributed by atoms with E-state index in [0.717, 1.165) is 12.0 Å². The second kappa shape index (κ2) is 4.99. The molecular formula is C8H8FNO5S. The highest BCUT2D eigenvalue weighted by molar-refractivity contribution is 7.80.